The lowest BCUT2D eigenvalue weighted by Crippen LogP contribution is -2.25. The second-order valence-corrected chi connectivity index (χ2v) is 3.79. The van der Waals surface area contributed by atoms with Gasteiger partial charge in [0.15, 0.2) is 0 Å². The van der Waals surface area contributed by atoms with Crippen molar-refractivity contribution in [3.63, 3.8) is 0 Å². The highest BCUT2D eigenvalue weighted by atomic mass is 79.9. The standard InChI is InChI=1S/C11H15BrN2O/c12-8-9-2-4-10(5-3-9)11(15)14-7-1-6-13/h2-5H,1,6-8,13H2,(H,14,15). The minimum absolute atomic E-state index is 0.0374. The quantitative estimate of drug-likeness (QED) is 0.632. The van der Waals surface area contributed by atoms with Gasteiger partial charge in [-0.3, -0.25) is 4.79 Å². The number of nitrogens with two attached hydrogens (primary N) is 1. The summed E-state index contributed by atoms with van der Waals surface area (Å²) in [7, 11) is 0. The highest BCUT2D eigenvalue weighted by Crippen LogP contribution is 2.07. The van der Waals surface area contributed by atoms with Crippen LogP contribution in [0, 0.1) is 0 Å². The van der Waals surface area contributed by atoms with Crippen molar-refractivity contribution in [1.29, 1.82) is 0 Å². The lowest BCUT2D eigenvalue weighted by Gasteiger charge is -2.04. The summed E-state index contributed by atoms with van der Waals surface area (Å²) < 4.78 is 0. The topological polar surface area (TPSA) is 55.1 Å². The zero-order chi connectivity index (χ0) is 11.1. The Bertz CT molecular complexity index is 311. The van der Waals surface area contributed by atoms with Gasteiger partial charge in [0, 0.05) is 17.4 Å². The summed E-state index contributed by atoms with van der Waals surface area (Å²) in [5.41, 5.74) is 7.19. The zero-order valence-corrected chi connectivity index (χ0v) is 10.1. The Morgan fingerprint density at radius 3 is 2.53 bits per heavy atom. The van der Waals surface area contributed by atoms with Crippen LogP contribution in [0.15, 0.2) is 24.3 Å². The van der Waals surface area contributed by atoms with Crippen molar-refractivity contribution in [1.82, 2.24) is 5.32 Å². The van der Waals surface area contributed by atoms with Crippen LogP contribution in [0.25, 0.3) is 0 Å². The van der Waals surface area contributed by atoms with Gasteiger partial charge in [0.25, 0.3) is 5.91 Å². The van der Waals surface area contributed by atoms with E-state index in [9.17, 15) is 4.79 Å². The molecule has 0 aliphatic rings. The van der Waals surface area contributed by atoms with Gasteiger partial charge in [-0.15, -0.1) is 0 Å². The van der Waals surface area contributed by atoms with E-state index in [-0.39, 0.29) is 5.91 Å². The van der Waals surface area contributed by atoms with E-state index < -0.39 is 0 Å². The summed E-state index contributed by atoms with van der Waals surface area (Å²) >= 11 is 3.36. The molecule has 1 amide bonds. The maximum atomic E-state index is 11.6. The molecule has 15 heavy (non-hydrogen) atoms. The van der Waals surface area contributed by atoms with E-state index in [0.717, 1.165) is 17.3 Å². The van der Waals surface area contributed by atoms with Gasteiger partial charge in [0.1, 0.15) is 0 Å². The molecule has 1 rings (SSSR count). The van der Waals surface area contributed by atoms with Crippen LogP contribution < -0.4 is 11.1 Å². The number of rotatable bonds is 5. The first kappa shape index (κ1) is 12.2. The van der Waals surface area contributed by atoms with Crippen LogP contribution in [0.1, 0.15) is 22.3 Å². The Hall–Kier alpha value is -0.870. The van der Waals surface area contributed by atoms with E-state index in [2.05, 4.69) is 21.2 Å². The van der Waals surface area contributed by atoms with Crippen LogP contribution in [0.2, 0.25) is 0 Å². The molecule has 1 aromatic carbocycles. The Morgan fingerprint density at radius 2 is 2.00 bits per heavy atom. The van der Waals surface area contributed by atoms with Crippen LogP contribution in [0.5, 0.6) is 0 Å². The molecule has 3 N–H and O–H groups in total. The van der Waals surface area contributed by atoms with E-state index in [4.69, 9.17) is 5.73 Å². The molecule has 0 saturated heterocycles. The van der Waals surface area contributed by atoms with Crippen LogP contribution in [-0.2, 0) is 5.33 Å². The Morgan fingerprint density at radius 1 is 1.33 bits per heavy atom. The molecule has 3 nitrogen and oxygen atoms in total. The largest absolute Gasteiger partial charge is 0.352 e. The summed E-state index contributed by atoms with van der Waals surface area (Å²) in [6.45, 7) is 1.23. The SMILES string of the molecule is NCCCNC(=O)c1ccc(CBr)cc1. The first-order valence-corrected chi connectivity index (χ1v) is 6.03. The third-order valence-corrected chi connectivity index (χ3v) is 2.68. The molecule has 0 aromatic heterocycles. The summed E-state index contributed by atoms with van der Waals surface area (Å²) in [4.78, 5) is 11.6. The fourth-order valence-corrected chi connectivity index (χ4v) is 1.53. The molecule has 0 heterocycles. The fourth-order valence-electron chi connectivity index (χ4n) is 1.15. The molecule has 0 unspecified atom stereocenters. The number of benzene rings is 1. The molecule has 0 saturated carbocycles. The Kier molecular flexibility index (Phi) is 5.36. The molecule has 0 fully saturated rings. The zero-order valence-electron chi connectivity index (χ0n) is 8.50. The number of alkyl halides is 1. The third kappa shape index (κ3) is 4.01. The molecule has 0 aliphatic heterocycles. The lowest BCUT2D eigenvalue weighted by atomic mass is 10.1. The predicted octanol–water partition coefficient (Wildman–Crippen LogP) is 1.66. The molecule has 0 atom stereocenters. The minimum atomic E-state index is -0.0374. The maximum absolute atomic E-state index is 11.6. The highest BCUT2D eigenvalue weighted by molar-refractivity contribution is 9.08. The van der Waals surface area contributed by atoms with Crippen LogP contribution in [0.3, 0.4) is 0 Å². The molecule has 0 spiro atoms. The summed E-state index contributed by atoms with van der Waals surface area (Å²) in [6, 6.07) is 7.53. The molecule has 0 radical (unpaired) electrons. The van der Waals surface area contributed by atoms with E-state index in [1.165, 1.54) is 0 Å². The van der Waals surface area contributed by atoms with Gasteiger partial charge in [-0.2, -0.15) is 0 Å². The lowest BCUT2D eigenvalue weighted by molar-refractivity contribution is 0.0953. The van der Waals surface area contributed by atoms with Crippen molar-refractivity contribution in [3.05, 3.63) is 35.4 Å². The van der Waals surface area contributed by atoms with Crippen molar-refractivity contribution in [2.24, 2.45) is 5.73 Å². The van der Waals surface area contributed by atoms with Crippen molar-refractivity contribution < 1.29 is 4.79 Å². The van der Waals surface area contributed by atoms with Crippen molar-refractivity contribution >= 4 is 21.8 Å². The van der Waals surface area contributed by atoms with Gasteiger partial charge in [-0.1, -0.05) is 28.1 Å². The molecular formula is C11H15BrN2O. The van der Waals surface area contributed by atoms with Crippen LogP contribution in [0.4, 0.5) is 0 Å². The van der Waals surface area contributed by atoms with E-state index >= 15 is 0 Å². The summed E-state index contributed by atoms with van der Waals surface area (Å²) in [6.07, 6.45) is 0.811. The molecule has 82 valence electrons. The number of nitrogens with one attached hydrogen (secondary N) is 1. The van der Waals surface area contributed by atoms with Crippen molar-refractivity contribution in [3.8, 4) is 0 Å². The van der Waals surface area contributed by atoms with Gasteiger partial charge in [0.2, 0.25) is 0 Å². The number of amides is 1. The monoisotopic (exact) mass is 270 g/mol. The second-order valence-electron chi connectivity index (χ2n) is 3.23. The molecular weight excluding hydrogens is 256 g/mol. The summed E-state index contributed by atoms with van der Waals surface area (Å²) in [5.74, 6) is -0.0374. The van der Waals surface area contributed by atoms with Gasteiger partial charge < -0.3 is 11.1 Å². The number of hydrogen-bond donors (Lipinski definition) is 2. The van der Waals surface area contributed by atoms with E-state index in [0.29, 0.717) is 18.7 Å². The average molecular weight is 271 g/mol. The molecule has 4 heteroatoms. The Balaban J connectivity index is 2.50. The molecule has 0 bridgehead atoms. The van der Waals surface area contributed by atoms with Crippen molar-refractivity contribution in [2.75, 3.05) is 13.1 Å². The van der Waals surface area contributed by atoms with E-state index in [1.54, 1.807) is 0 Å². The highest BCUT2D eigenvalue weighted by Gasteiger charge is 2.03. The van der Waals surface area contributed by atoms with Gasteiger partial charge in [-0.05, 0) is 30.7 Å². The smallest absolute Gasteiger partial charge is 0.251 e. The normalized spacial score (nSPS) is 10.0. The van der Waals surface area contributed by atoms with Gasteiger partial charge in [-0.25, -0.2) is 0 Å². The predicted molar refractivity (Wildman–Crippen MR) is 65.1 cm³/mol. The number of halogens is 1. The Labute approximate surface area is 98.2 Å². The average Bonchev–Trinajstić information content (AvgIpc) is 2.29. The summed E-state index contributed by atoms with van der Waals surface area (Å²) in [5, 5.41) is 3.61. The maximum Gasteiger partial charge on any atom is 0.251 e. The second kappa shape index (κ2) is 6.58. The first-order chi connectivity index (χ1) is 7.27. The molecule has 1 aromatic rings. The third-order valence-electron chi connectivity index (χ3n) is 2.04. The van der Waals surface area contributed by atoms with Crippen molar-refractivity contribution in [2.45, 2.75) is 11.8 Å². The van der Waals surface area contributed by atoms with Crippen LogP contribution >= 0.6 is 15.9 Å². The van der Waals surface area contributed by atoms with Gasteiger partial charge >= 0.3 is 0 Å². The fraction of sp³-hybridized carbons (Fsp3) is 0.364. The number of carbonyl (C=O) groups is 1. The van der Waals surface area contributed by atoms with Crippen LogP contribution in [-0.4, -0.2) is 19.0 Å². The first-order valence-electron chi connectivity index (χ1n) is 4.91. The molecule has 0 aliphatic carbocycles. The van der Waals surface area contributed by atoms with Gasteiger partial charge in [0.05, 0.1) is 0 Å². The number of carbonyl (C=O) groups excluding carboxylic acids is 1. The van der Waals surface area contributed by atoms with E-state index in [1.807, 2.05) is 24.3 Å². The number of hydrogen-bond acceptors (Lipinski definition) is 2. The minimum Gasteiger partial charge on any atom is -0.352 e.